The van der Waals surface area contributed by atoms with Gasteiger partial charge in [-0.3, -0.25) is 9.59 Å². The molecule has 3 aromatic carbocycles. The van der Waals surface area contributed by atoms with Crippen LogP contribution in [0.15, 0.2) is 84.9 Å². The normalized spacial score (nSPS) is 11.3. The van der Waals surface area contributed by atoms with Crippen molar-refractivity contribution in [1.29, 1.82) is 0 Å². The molecule has 0 unspecified atom stereocenters. The fourth-order valence-electron chi connectivity index (χ4n) is 3.99. The van der Waals surface area contributed by atoms with Crippen LogP contribution >= 0.6 is 11.6 Å². The molecule has 2 amide bonds. The van der Waals surface area contributed by atoms with Crippen LogP contribution in [0.5, 0.6) is 0 Å². The number of nitrogens with zero attached hydrogens (tertiary/aromatic N) is 3. The lowest BCUT2D eigenvalue weighted by Crippen LogP contribution is -2.38. The summed E-state index contributed by atoms with van der Waals surface area (Å²) in [5.41, 5.74) is 3.80. The molecule has 6 nitrogen and oxygen atoms in total. The van der Waals surface area contributed by atoms with Crippen molar-refractivity contribution in [2.75, 3.05) is 11.9 Å². The number of benzene rings is 3. The van der Waals surface area contributed by atoms with Crippen LogP contribution in [0.4, 0.5) is 5.82 Å². The van der Waals surface area contributed by atoms with Crippen LogP contribution in [0, 0.1) is 6.92 Å². The lowest BCUT2D eigenvalue weighted by atomic mass is 9.92. The van der Waals surface area contributed by atoms with E-state index >= 15 is 0 Å². The molecule has 190 valence electrons. The first kappa shape index (κ1) is 26.2. The number of amides is 2. The van der Waals surface area contributed by atoms with Gasteiger partial charge in [-0.1, -0.05) is 93.0 Å². The van der Waals surface area contributed by atoms with E-state index in [2.05, 4.69) is 26.1 Å². The zero-order valence-electron chi connectivity index (χ0n) is 21.5. The van der Waals surface area contributed by atoms with Gasteiger partial charge < -0.3 is 10.2 Å². The minimum Gasteiger partial charge on any atom is -0.325 e. The largest absolute Gasteiger partial charge is 0.325 e. The Bertz CT molecular complexity index is 1410. The predicted octanol–water partition coefficient (Wildman–Crippen LogP) is 6.41. The Labute approximate surface area is 222 Å². The Balaban J connectivity index is 1.64. The maximum absolute atomic E-state index is 13.5. The Morgan fingerprint density at radius 1 is 0.946 bits per heavy atom. The Hall–Kier alpha value is -3.90. The molecule has 1 heterocycles. The van der Waals surface area contributed by atoms with Crippen LogP contribution in [0.1, 0.15) is 48.0 Å². The molecule has 37 heavy (non-hydrogen) atoms. The fraction of sp³-hybridized carbons (Fsp3) is 0.233. The summed E-state index contributed by atoms with van der Waals surface area (Å²) in [6.45, 7) is 8.35. The number of hydrogen-bond donors (Lipinski definition) is 1. The van der Waals surface area contributed by atoms with Crippen LogP contribution in [-0.2, 0) is 16.8 Å². The standard InChI is InChI=1S/C30H31ClN4O2/c1-21-12-8-11-17-25(21)35-27(18-26(33-35)30(2,3)4)32-28(36)20-34(19-22-13-6-5-7-14-22)29(37)23-15-9-10-16-24(23)31/h5-18H,19-20H2,1-4H3,(H,32,36). The van der Waals surface area contributed by atoms with E-state index in [1.807, 2.05) is 67.6 Å². The molecule has 0 atom stereocenters. The quantitative estimate of drug-likeness (QED) is 0.310. The topological polar surface area (TPSA) is 67.2 Å². The molecule has 1 N–H and O–H groups in total. The number of anilines is 1. The van der Waals surface area contributed by atoms with Gasteiger partial charge >= 0.3 is 0 Å². The molecule has 0 aliphatic heterocycles. The number of carbonyl (C=O) groups excluding carboxylic acids is 2. The monoisotopic (exact) mass is 514 g/mol. The third kappa shape index (κ3) is 6.27. The summed E-state index contributed by atoms with van der Waals surface area (Å²) in [6.07, 6.45) is 0. The third-order valence-electron chi connectivity index (χ3n) is 6.03. The molecule has 0 aliphatic carbocycles. The molecule has 7 heteroatoms. The van der Waals surface area contributed by atoms with Crippen molar-refractivity contribution in [3.8, 4) is 5.69 Å². The molecule has 0 spiro atoms. The van der Waals surface area contributed by atoms with E-state index in [4.69, 9.17) is 16.7 Å². The van der Waals surface area contributed by atoms with E-state index in [0.717, 1.165) is 22.5 Å². The highest BCUT2D eigenvalue weighted by Gasteiger charge is 2.25. The second-order valence-corrected chi connectivity index (χ2v) is 10.4. The van der Waals surface area contributed by atoms with Gasteiger partial charge in [0, 0.05) is 18.0 Å². The molecule has 0 aliphatic rings. The average molecular weight is 515 g/mol. The number of carbonyl (C=O) groups is 2. The first-order valence-corrected chi connectivity index (χ1v) is 12.6. The van der Waals surface area contributed by atoms with Gasteiger partial charge in [0.25, 0.3) is 5.91 Å². The minimum atomic E-state index is -0.327. The van der Waals surface area contributed by atoms with Crippen molar-refractivity contribution >= 4 is 29.2 Å². The average Bonchev–Trinajstić information content (AvgIpc) is 3.28. The van der Waals surface area contributed by atoms with Crippen molar-refractivity contribution in [3.05, 3.63) is 112 Å². The van der Waals surface area contributed by atoms with Crippen molar-refractivity contribution in [1.82, 2.24) is 14.7 Å². The molecule has 4 aromatic rings. The Morgan fingerprint density at radius 2 is 1.59 bits per heavy atom. The van der Waals surface area contributed by atoms with Crippen molar-refractivity contribution in [2.24, 2.45) is 0 Å². The summed E-state index contributed by atoms with van der Waals surface area (Å²) < 4.78 is 1.76. The van der Waals surface area contributed by atoms with Gasteiger partial charge in [0.2, 0.25) is 5.91 Å². The first-order valence-electron chi connectivity index (χ1n) is 12.2. The zero-order chi connectivity index (χ0) is 26.6. The van der Waals surface area contributed by atoms with E-state index in [0.29, 0.717) is 16.4 Å². The number of nitrogens with one attached hydrogen (secondary N) is 1. The van der Waals surface area contributed by atoms with E-state index in [-0.39, 0.29) is 30.3 Å². The van der Waals surface area contributed by atoms with Crippen LogP contribution in [-0.4, -0.2) is 33.0 Å². The molecular weight excluding hydrogens is 484 g/mol. The summed E-state index contributed by atoms with van der Waals surface area (Å²) in [5, 5.41) is 8.16. The third-order valence-corrected chi connectivity index (χ3v) is 6.36. The van der Waals surface area contributed by atoms with Gasteiger partial charge in [-0.05, 0) is 36.2 Å². The summed E-state index contributed by atoms with van der Waals surface area (Å²) in [4.78, 5) is 28.4. The molecule has 0 radical (unpaired) electrons. The maximum atomic E-state index is 13.5. The SMILES string of the molecule is Cc1ccccc1-n1nc(C(C)(C)C)cc1NC(=O)CN(Cc1ccccc1)C(=O)c1ccccc1Cl. The van der Waals surface area contributed by atoms with E-state index < -0.39 is 0 Å². The number of halogens is 1. The van der Waals surface area contributed by atoms with E-state index in [9.17, 15) is 9.59 Å². The first-order chi connectivity index (χ1) is 17.6. The smallest absolute Gasteiger partial charge is 0.256 e. The van der Waals surface area contributed by atoms with Crippen LogP contribution < -0.4 is 5.32 Å². The fourth-order valence-corrected chi connectivity index (χ4v) is 4.20. The van der Waals surface area contributed by atoms with Gasteiger partial charge in [-0.15, -0.1) is 0 Å². The van der Waals surface area contributed by atoms with Gasteiger partial charge in [-0.2, -0.15) is 5.10 Å². The number of aromatic nitrogens is 2. The summed E-state index contributed by atoms with van der Waals surface area (Å²) >= 11 is 6.32. The maximum Gasteiger partial charge on any atom is 0.256 e. The number of rotatable bonds is 7. The molecule has 0 saturated carbocycles. The predicted molar refractivity (Wildman–Crippen MR) is 148 cm³/mol. The zero-order valence-corrected chi connectivity index (χ0v) is 22.3. The number of para-hydroxylation sites is 1. The summed E-state index contributed by atoms with van der Waals surface area (Å²) in [7, 11) is 0. The lowest BCUT2D eigenvalue weighted by Gasteiger charge is -2.23. The molecule has 1 aromatic heterocycles. The van der Waals surface area contributed by atoms with Crippen LogP contribution in [0.2, 0.25) is 5.02 Å². The van der Waals surface area contributed by atoms with Gasteiger partial charge in [0.05, 0.1) is 22.0 Å². The minimum absolute atomic E-state index is 0.150. The molecule has 0 saturated heterocycles. The van der Waals surface area contributed by atoms with Crippen molar-refractivity contribution in [2.45, 2.75) is 39.7 Å². The summed E-state index contributed by atoms with van der Waals surface area (Å²) in [6, 6.07) is 26.2. The lowest BCUT2D eigenvalue weighted by molar-refractivity contribution is -0.117. The van der Waals surface area contributed by atoms with E-state index in [1.165, 1.54) is 4.90 Å². The highest BCUT2D eigenvalue weighted by Crippen LogP contribution is 2.27. The number of hydrogen-bond acceptors (Lipinski definition) is 3. The van der Waals surface area contributed by atoms with Crippen LogP contribution in [0.3, 0.4) is 0 Å². The Morgan fingerprint density at radius 3 is 2.27 bits per heavy atom. The second kappa shape index (κ2) is 11.0. The van der Waals surface area contributed by atoms with Gasteiger partial charge in [0.1, 0.15) is 12.4 Å². The van der Waals surface area contributed by atoms with Crippen LogP contribution in [0.25, 0.3) is 5.69 Å². The second-order valence-electron chi connectivity index (χ2n) is 10.0. The highest BCUT2D eigenvalue weighted by atomic mass is 35.5. The molecule has 4 rings (SSSR count). The summed E-state index contributed by atoms with van der Waals surface area (Å²) in [5.74, 6) is -0.0898. The molecule has 0 fully saturated rings. The van der Waals surface area contributed by atoms with Gasteiger partial charge in [0.15, 0.2) is 0 Å². The molecular formula is C30H31ClN4O2. The van der Waals surface area contributed by atoms with E-state index in [1.54, 1.807) is 28.9 Å². The highest BCUT2D eigenvalue weighted by molar-refractivity contribution is 6.33. The van der Waals surface area contributed by atoms with Crippen molar-refractivity contribution in [3.63, 3.8) is 0 Å². The van der Waals surface area contributed by atoms with Gasteiger partial charge in [-0.25, -0.2) is 4.68 Å². The van der Waals surface area contributed by atoms with Crippen molar-refractivity contribution < 1.29 is 9.59 Å². The molecule has 0 bridgehead atoms. The number of aryl methyl sites for hydroxylation is 1. The Kier molecular flexibility index (Phi) is 7.79.